The number of rotatable bonds is 8. The van der Waals surface area contributed by atoms with Gasteiger partial charge < -0.3 is 25.3 Å². The van der Waals surface area contributed by atoms with E-state index < -0.39 is 34.6 Å². The van der Waals surface area contributed by atoms with Crippen molar-refractivity contribution in [2.45, 2.75) is 45.1 Å². The van der Waals surface area contributed by atoms with Gasteiger partial charge in [0.15, 0.2) is 11.6 Å². The molecule has 1 amide bonds. The quantitative estimate of drug-likeness (QED) is 0.309. The number of halogens is 1. The Morgan fingerprint density at radius 3 is 2.56 bits per heavy atom. The second kappa shape index (κ2) is 12.4. The number of hydrogen-bond acceptors (Lipinski definition) is 7. The number of aromatic hydroxyl groups is 1. The van der Waals surface area contributed by atoms with Crippen LogP contribution in [-0.2, 0) is 9.59 Å². The van der Waals surface area contributed by atoms with Gasteiger partial charge in [-0.1, -0.05) is 24.3 Å². The molecule has 43 heavy (non-hydrogen) atoms. The molecular weight excluding hydrogens is 549 g/mol. The number of nitrogens with one attached hydrogen (secondary N) is 1. The van der Waals surface area contributed by atoms with E-state index >= 15 is 0 Å². The number of carbonyl (C=O) groups is 3. The minimum Gasteiger partial charge on any atom is -0.508 e. The maximum Gasteiger partial charge on any atom is 0.240 e. The van der Waals surface area contributed by atoms with Gasteiger partial charge in [-0.15, -0.1) is 0 Å². The molecule has 228 valence electrons. The number of benzene rings is 2. The molecule has 2 fully saturated rings. The summed E-state index contributed by atoms with van der Waals surface area (Å²) in [6, 6.07) is 10.1. The van der Waals surface area contributed by atoms with Gasteiger partial charge >= 0.3 is 0 Å². The largest absolute Gasteiger partial charge is 0.508 e. The van der Waals surface area contributed by atoms with Crippen LogP contribution in [0.15, 0.2) is 59.9 Å². The van der Waals surface area contributed by atoms with Crippen molar-refractivity contribution in [1.82, 2.24) is 15.1 Å². The lowest BCUT2D eigenvalue weighted by molar-refractivity contribution is -0.149. The molecule has 3 aliphatic rings. The van der Waals surface area contributed by atoms with Crippen LogP contribution >= 0.6 is 0 Å². The Morgan fingerprint density at radius 1 is 1.09 bits per heavy atom. The number of allylic oxidation sites excluding steroid dienone is 2. The van der Waals surface area contributed by atoms with Gasteiger partial charge in [0.1, 0.15) is 22.7 Å². The van der Waals surface area contributed by atoms with Crippen molar-refractivity contribution < 1.29 is 29.0 Å². The highest BCUT2D eigenvalue weighted by molar-refractivity contribution is 6.19. The Balaban J connectivity index is 1.71. The van der Waals surface area contributed by atoms with Crippen molar-refractivity contribution in [3.8, 4) is 5.75 Å². The topological polar surface area (TPSA) is 110 Å². The number of nitrogens with zero attached hydrogens (tertiary/aromatic N) is 2. The van der Waals surface area contributed by atoms with E-state index in [-0.39, 0.29) is 46.3 Å². The number of likely N-dealkylation sites (tertiary alicyclic amines) is 1. The fourth-order valence-electron chi connectivity index (χ4n) is 6.88. The summed E-state index contributed by atoms with van der Waals surface area (Å²) in [4.78, 5) is 47.3. The van der Waals surface area contributed by atoms with Crippen LogP contribution in [0.1, 0.15) is 53.6 Å². The van der Waals surface area contributed by atoms with Crippen molar-refractivity contribution in [1.29, 1.82) is 0 Å². The summed E-state index contributed by atoms with van der Waals surface area (Å²) in [5.41, 5.74) is -1.03. The third-order valence-electron chi connectivity index (χ3n) is 9.02. The number of ketones is 2. The molecule has 2 aliphatic heterocycles. The molecule has 0 spiro atoms. The number of carbonyl (C=O) groups excluding carboxylic acids is 3. The number of Topliss-reactive ketones (excluding diaryl/α,β-unsaturated/α-hetero) is 2. The summed E-state index contributed by atoms with van der Waals surface area (Å²) in [6.07, 6.45) is 3.97. The molecule has 3 N–H and O–H groups in total. The lowest BCUT2D eigenvalue weighted by Gasteiger charge is -2.41. The Labute approximate surface area is 251 Å². The molecule has 1 aliphatic carbocycles. The summed E-state index contributed by atoms with van der Waals surface area (Å²) in [5.74, 6) is -2.82. The molecule has 0 radical (unpaired) electrons. The maximum absolute atomic E-state index is 14.8. The van der Waals surface area contributed by atoms with E-state index in [4.69, 9.17) is 0 Å². The molecule has 2 heterocycles. The SMILES string of the molecule is Cc1c(F)cccc1C1=C(C(=O)c2cccc(O)c2)CC(C(=O)[C@H]2CCCNC2)(C(=O)N2CCC[C@H]2CN(C)C)C=C1O. The third-order valence-corrected chi connectivity index (χ3v) is 9.02. The summed E-state index contributed by atoms with van der Waals surface area (Å²) >= 11 is 0. The molecule has 2 saturated heterocycles. The maximum atomic E-state index is 14.8. The highest BCUT2D eigenvalue weighted by Crippen LogP contribution is 2.47. The number of phenols is 1. The summed E-state index contributed by atoms with van der Waals surface area (Å²) in [7, 11) is 3.87. The number of likely N-dealkylation sites (N-methyl/N-ethyl adjacent to an activating group) is 1. The molecule has 5 rings (SSSR count). The normalized spacial score (nSPS) is 24.3. The van der Waals surface area contributed by atoms with Gasteiger partial charge in [0, 0.05) is 54.7 Å². The van der Waals surface area contributed by atoms with Gasteiger partial charge in [-0.3, -0.25) is 14.4 Å². The van der Waals surface area contributed by atoms with Crippen molar-refractivity contribution in [3.05, 3.63) is 82.4 Å². The zero-order chi connectivity index (χ0) is 30.9. The standard InChI is InChI=1S/C34H40FN3O5/c1-21-26(12-5-13-28(21)35)30-27(31(41)22-8-4-11-25(39)16-22)17-34(18-29(30)40,32(42)23-9-6-14-36-19-23)33(43)38-15-7-10-24(38)20-37(2)3/h4-5,8,11-13,16,18,23-24,36,39-40H,6-7,9-10,14-15,17,19-20H2,1-3H3/t23-,24-,34?/m0/s1. The average Bonchev–Trinajstić information content (AvgIpc) is 3.45. The van der Waals surface area contributed by atoms with E-state index in [0.717, 1.165) is 25.8 Å². The fraction of sp³-hybridized carbons (Fsp3) is 0.441. The molecular formula is C34H40FN3O5. The second-order valence-corrected chi connectivity index (χ2v) is 12.3. The number of phenolic OH excluding ortho intramolecular Hbond substituents is 1. The highest BCUT2D eigenvalue weighted by Gasteiger charge is 2.54. The first-order chi connectivity index (χ1) is 20.5. The minimum atomic E-state index is -1.82. The second-order valence-electron chi connectivity index (χ2n) is 12.3. The van der Waals surface area contributed by atoms with Gasteiger partial charge in [-0.2, -0.15) is 0 Å². The molecule has 0 bridgehead atoms. The zero-order valence-electron chi connectivity index (χ0n) is 25.0. The number of piperidine rings is 1. The van der Waals surface area contributed by atoms with Gasteiger partial charge in [0.05, 0.1) is 0 Å². The molecule has 0 saturated carbocycles. The molecule has 2 aromatic rings. The van der Waals surface area contributed by atoms with Gasteiger partial charge in [-0.05, 0) is 88.6 Å². The first-order valence-corrected chi connectivity index (χ1v) is 15.0. The van der Waals surface area contributed by atoms with Crippen LogP contribution in [0.2, 0.25) is 0 Å². The zero-order valence-corrected chi connectivity index (χ0v) is 25.0. The minimum absolute atomic E-state index is 0.0353. The van der Waals surface area contributed by atoms with E-state index in [2.05, 4.69) is 5.32 Å². The Kier molecular flexibility index (Phi) is 8.85. The molecule has 1 unspecified atom stereocenters. The molecule has 0 aromatic heterocycles. The summed E-state index contributed by atoms with van der Waals surface area (Å²) in [6.45, 7) is 3.82. The predicted molar refractivity (Wildman–Crippen MR) is 162 cm³/mol. The lowest BCUT2D eigenvalue weighted by Crippen LogP contribution is -2.55. The van der Waals surface area contributed by atoms with Crippen molar-refractivity contribution >= 4 is 23.0 Å². The number of aliphatic hydroxyl groups excluding tert-OH is 1. The van der Waals surface area contributed by atoms with E-state index in [1.54, 1.807) is 17.9 Å². The Morgan fingerprint density at radius 2 is 1.86 bits per heavy atom. The lowest BCUT2D eigenvalue weighted by atomic mass is 9.65. The average molecular weight is 590 g/mol. The molecule has 3 atom stereocenters. The van der Waals surface area contributed by atoms with E-state index in [0.29, 0.717) is 31.6 Å². The fourth-order valence-corrected chi connectivity index (χ4v) is 6.88. The van der Waals surface area contributed by atoms with Crippen LogP contribution in [0.3, 0.4) is 0 Å². The van der Waals surface area contributed by atoms with Crippen LogP contribution in [0.25, 0.3) is 5.57 Å². The van der Waals surface area contributed by atoms with Crippen LogP contribution in [0, 0.1) is 24.1 Å². The Hall–Kier alpha value is -3.82. The first kappa shape index (κ1) is 30.6. The van der Waals surface area contributed by atoms with E-state index in [1.165, 1.54) is 42.5 Å². The first-order valence-electron chi connectivity index (χ1n) is 15.0. The van der Waals surface area contributed by atoms with Gasteiger partial charge in [0.25, 0.3) is 0 Å². The van der Waals surface area contributed by atoms with Crippen molar-refractivity contribution in [2.24, 2.45) is 11.3 Å². The number of amides is 1. The number of aliphatic hydroxyl groups is 1. The predicted octanol–water partition coefficient (Wildman–Crippen LogP) is 4.43. The highest BCUT2D eigenvalue weighted by atomic mass is 19.1. The van der Waals surface area contributed by atoms with Gasteiger partial charge in [0.2, 0.25) is 5.91 Å². The van der Waals surface area contributed by atoms with Crippen LogP contribution in [0.4, 0.5) is 4.39 Å². The number of hydrogen-bond donors (Lipinski definition) is 3. The van der Waals surface area contributed by atoms with Crippen LogP contribution in [0.5, 0.6) is 5.75 Å². The molecule has 9 heteroatoms. The monoisotopic (exact) mass is 589 g/mol. The van der Waals surface area contributed by atoms with Crippen molar-refractivity contribution in [3.63, 3.8) is 0 Å². The third kappa shape index (κ3) is 5.88. The molecule has 2 aromatic carbocycles. The van der Waals surface area contributed by atoms with E-state index in [9.17, 15) is 29.0 Å². The smallest absolute Gasteiger partial charge is 0.240 e. The van der Waals surface area contributed by atoms with Crippen LogP contribution in [-0.4, -0.2) is 83.8 Å². The van der Waals surface area contributed by atoms with Crippen molar-refractivity contribution in [2.75, 3.05) is 40.3 Å². The van der Waals surface area contributed by atoms with Crippen LogP contribution < -0.4 is 5.32 Å². The summed E-state index contributed by atoms with van der Waals surface area (Å²) in [5, 5.41) is 25.2. The van der Waals surface area contributed by atoms with Gasteiger partial charge in [-0.25, -0.2) is 4.39 Å². The summed E-state index contributed by atoms with van der Waals surface area (Å²) < 4.78 is 14.8. The van der Waals surface area contributed by atoms with E-state index in [1.807, 2.05) is 19.0 Å². The molecule has 8 nitrogen and oxygen atoms in total. The Bertz CT molecular complexity index is 1490.